The lowest BCUT2D eigenvalue weighted by Crippen LogP contribution is -2.39. The van der Waals surface area contributed by atoms with Gasteiger partial charge in [0.05, 0.1) is 21.2 Å². The summed E-state index contributed by atoms with van der Waals surface area (Å²) in [6.07, 6.45) is -4.77. The van der Waals surface area contributed by atoms with Gasteiger partial charge < -0.3 is 10.1 Å². The molecular weight excluding hydrogens is 445 g/mol. The number of sulfone groups is 1. The number of nitrogens with zero attached hydrogens (tertiary/aromatic N) is 1. The smallest absolute Gasteiger partial charge is 0.425 e. The van der Waals surface area contributed by atoms with E-state index in [9.17, 15) is 26.4 Å². The molecule has 3 atom stereocenters. The van der Waals surface area contributed by atoms with Crippen molar-refractivity contribution in [3.63, 3.8) is 0 Å². The lowest BCUT2D eigenvalue weighted by molar-refractivity contribution is -0.189. The van der Waals surface area contributed by atoms with Crippen LogP contribution in [0.1, 0.15) is 39.0 Å². The fourth-order valence-corrected chi connectivity index (χ4v) is 5.80. The number of nitrogens with one attached hydrogen (secondary N) is 1. The van der Waals surface area contributed by atoms with Gasteiger partial charge in [-0.15, -0.1) is 0 Å². The van der Waals surface area contributed by atoms with E-state index in [4.69, 9.17) is 21.6 Å². The number of ether oxygens (including phenoxy) is 1. The van der Waals surface area contributed by atoms with Crippen molar-refractivity contribution in [3.05, 3.63) is 23.2 Å². The third-order valence-electron chi connectivity index (χ3n) is 5.50. The van der Waals surface area contributed by atoms with Crippen LogP contribution < -0.4 is 10.1 Å². The van der Waals surface area contributed by atoms with E-state index < -0.39 is 38.8 Å². The van der Waals surface area contributed by atoms with Crippen molar-refractivity contribution in [1.29, 1.82) is 5.26 Å². The molecule has 2 fully saturated rings. The van der Waals surface area contributed by atoms with Gasteiger partial charge in [-0.1, -0.05) is 11.6 Å². The van der Waals surface area contributed by atoms with Crippen LogP contribution in [0.2, 0.25) is 5.02 Å². The van der Waals surface area contributed by atoms with Gasteiger partial charge in [0.1, 0.15) is 11.3 Å². The average Bonchev–Trinajstić information content (AvgIpc) is 3.23. The Hall–Kier alpha value is -1.99. The number of amides is 1. The lowest BCUT2D eigenvalue weighted by atomic mass is 10.1. The van der Waals surface area contributed by atoms with Gasteiger partial charge in [0.25, 0.3) is 0 Å². The van der Waals surface area contributed by atoms with E-state index in [1.807, 2.05) is 0 Å². The van der Waals surface area contributed by atoms with Gasteiger partial charge in [-0.05, 0) is 51.2 Å². The van der Waals surface area contributed by atoms with Crippen LogP contribution in [0.4, 0.5) is 13.2 Å². The Labute approximate surface area is 177 Å². The molecule has 0 saturated heterocycles. The zero-order valence-corrected chi connectivity index (χ0v) is 17.6. The molecule has 1 aromatic carbocycles. The van der Waals surface area contributed by atoms with Crippen molar-refractivity contribution >= 4 is 27.3 Å². The second kappa shape index (κ2) is 7.93. The first-order valence-electron chi connectivity index (χ1n) is 9.38. The number of alkyl halides is 3. The van der Waals surface area contributed by atoms with E-state index in [1.54, 1.807) is 0 Å². The van der Waals surface area contributed by atoms with Crippen LogP contribution >= 0.6 is 11.6 Å². The number of carbonyl (C=O) groups excluding carboxylic acids is 1. The predicted molar refractivity (Wildman–Crippen MR) is 102 cm³/mol. The van der Waals surface area contributed by atoms with Crippen LogP contribution in [0.5, 0.6) is 5.75 Å². The van der Waals surface area contributed by atoms with Crippen molar-refractivity contribution in [1.82, 2.24) is 5.32 Å². The Morgan fingerprint density at radius 2 is 2.03 bits per heavy atom. The van der Waals surface area contributed by atoms with E-state index in [0.717, 1.165) is 25.1 Å². The molecule has 164 valence electrons. The third kappa shape index (κ3) is 4.67. The SMILES string of the molecule is C[C@H](Oc1ccc(S(=O)(=O)[C@H]2CC[C@H](C(=O)NC3(C#N)CC3)C2)c(Cl)c1)C(F)(F)F. The summed E-state index contributed by atoms with van der Waals surface area (Å²) < 4.78 is 68.6. The third-order valence-corrected chi connectivity index (χ3v) is 8.20. The highest BCUT2D eigenvalue weighted by atomic mass is 35.5. The van der Waals surface area contributed by atoms with Gasteiger partial charge in [0.2, 0.25) is 5.91 Å². The number of benzene rings is 1. The molecule has 11 heteroatoms. The Morgan fingerprint density at radius 1 is 1.37 bits per heavy atom. The summed E-state index contributed by atoms with van der Waals surface area (Å²) in [5.41, 5.74) is -0.819. The minimum Gasteiger partial charge on any atom is -0.481 e. The summed E-state index contributed by atoms with van der Waals surface area (Å²) in [7, 11) is -3.90. The number of hydrogen-bond donors (Lipinski definition) is 1. The number of rotatable bonds is 6. The van der Waals surface area contributed by atoms with Crippen LogP contribution in [0.15, 0.2) is 23.1 Å². The van der Waals surface area contributed by atoms with Crippen molar-refractivity contribution in [2.75, 3.05) is 0 Å². The van der Waals surface area contributed by atoms with Crippen LogP contribution in [0.25, 0.3) is 0 Å². The van der Waals surface area contributed by atoms with Crippen molar-refractivity contribution in [2.24, 2.45) is 5.92 Å². The van der Waals surface area contributed by atoms with Gasteiger partial charge in [0, 0.05) is 12.0 Å². The summed E-state index contributed by atoms with van der Waals surface area (Å²) in [6.45, 7) is 0.834. The minimum atomic E-state index is -4.57. The van der Waals surface area contributed by atoms with Crippen LogP contribution in [0.3, 0.4) is 0 Å². The normalized spacial score (nSPS) is 24.0. The van der Waals surface area contributed by atoms with Gasteiger partial charge in [-0.3, -0.25) is 4.79 Å². The molecule has 0 heterocycles. The highest BCUT2D eigenvalue weighted by Gasteiger charge is 2.47. The molecule has 0 aliphatic heterocycles. The molecular formula is C19H20ClF3N2O4S. The summed E-state index contributed by atoms with van der Waals surface area (Å²) in [6, 6.07) is 5.35. The Balaban J connectivity index is 1.70. The topological polar surface area (TPSA) is 96.3 Å². The van der Waals surface area contributed by atoms with E-state index in [0.29, 0.717) is 19.3 Å². The fraction of sp³-hybridized carbons (Fsp3) is 0.579. The first-order chi connectivity index (χ1) is 13.9. The minimum absolute atomic E-state index is 0.0926. The predicted octanol–water partition coefficient (Wildman–Crippen LogP) is 3.78. The molecule has 2 saturated carbocycles. The summed E-state index contributed by atoms with van der Waals surface area (Å²) in [5.74, 6) is -1.05. The van der Waals surface area contributed by atoms with Crippen LogP contribution in [-0.2, 0) is 14.6 Å². The summed E-state index contributed by atoms with van der Waals surface area (Å²) in [4.78, 5) is 12.2. The van der Waals surface area contributed by atoms with Crippen molar-refractivity contribution in [3.8, 4) is 11.8 Å². The molecule has 1 aromatic rings. The molecule has 0 aromatic heterocycles. The molecule has 1 amide bonds. The largest absolute Gasteiger partial charge is 0.481 e. The summed E-state index contributed by atoms with van der Waals surface area (Å²) in [5, 5.41) is 10.7. The number of carbonyl (C=O) groups is 1. The zero-order valence-electron chi connectivity index (χ0n) is 16.0. The second-order valence-electron chi connectivity index (χ2n) is 7.75. The van der Waals surface area contributed by atoms with Gasteiger partial charge in [-0.25, -0.2) is 8.42 Å². The van der Waals surface area contributed by atoms with Crippen LogP contribution in [0, 0.1) is 17.2 Å². The number of nitriles is 1. The molecule has 0 unspecified atom stereocenters. The molecule has 2 aliphatic rings. The number of hydrogen-bond acceptors (Lipinski definition) is 5. The molecule has 1 N–H and O–H groups in total. The first-order valence-corrected chi connectivity index (χ1v) is 11.3. The molecule has 0 spiro atoms. The molecule has 30 heavy (non-hydrogen) atoms. The monoisotopic (exact) mass is 464 g/mol. The van der Waals surface area contributed by atoms with E-state index in [1.165, 1.54) is 0 Å². The fourth-order valence-electron chi connectivity index (χ4n) is 3.42. The standard InChI is InChI=1S/C19H20ClF3N2O4S/c1-11(19(21,22)23)29-13-3-5-16(15(20)9-13)30(27,28)14-4-2-12(8-14)17(26)25-18(10-24)6-7-18/h3,5,9,11-12,14H,2,4,6-8H2,1H3,(H,25,26)/t11-,12-,14-/m0/s1. The van der Waals surface area contributed by atoms with E-state index >= 15 is 0 Å². The van der Waals surface area contributed by atoms with Gasteiger partial charge >= 0.3 is 6.18 Å². The van der Waals surface area contributed by atoms with Crippen LogP contribution in [-0.4, -0.2) is 37.4 Å². The highest BCUT2D eigenvalue weighted by Crippen LogP contribution is 2.39. The van der Waals surface area contributed by atoms with Crippen molar-refractivity contribution in [2.45, 2.75) is 67.0 Å². The summed E-state index contributed by atoms with van der Waals surface area (Å²) >= 11 is 6.05. The lowest BCUT2D eigenvalue weighted by Gasteiger charge is -2.19. The molecule has 2 aliphatic carbocycles. The maximum Gasteiger partial charge on any atom is 0.425 e. The van der Waals surface area contributed by atoms with Gasteiger partial charge in [-0.2, -0.15) is 18.4 Å². The Kier molecular flexibility index (Phi) is 6.00. The Bertz CT molecular complexity index is 986. The molecule has 3 rings (SSSR count). The maximum atomic E-state index is 13.0. The van der Waals surface area contributed by atoms with Gasteiger partial charge in [0.15, 0.2) is 15.9 Å². The zero-order chi connectivity index (χ0) is 22.3. The molecule has 0 radical (unpaired) electrons. The average molecular weight is 465 g/mol. The second-order valence-corrected chi connectivity index (χ2v) is 10.4. The van der Waals surface area contributed by atoms with E-state index in [-0.39, 0.29) is 34.4 Å². The Morgan fingerprint density at radius 3 is 2.57 bits per heavy atom. The van der Waals surface area contributed by atoms with E-state index in [2.05, 4.69) is 11.4 Å². The maximum absolute atomic E-state index is 13.0. The quantitative estimate of drug-likeness (QED) is 0.691. The highest BCUT2D eigenvalue weighted by molar-refractivity contribution is 7.92. The first kappa shape index (κ1) is 22.7. The molecule has 0 bridgehead atoms. The van der Waals surface area contributed by atoms with Crippen molar-refractivity contribution < 1.29 is 31.1 Å². The number of halogens is 4. The molecule has 6 nitrogen and oxygen atoms in total.